The van der Waals surface area contributed by atoms with Gasteiger partial charge in [0.1, 0.15) is 0 Å². The molecule has 4 N–H and O–H groups in total. The summed E-state index contributed by atoms with van der Waals surface area (Å²) in [6.07, 6.45) is 2.22. The van der Waals surface area contributed by atoms with Crippen molar-refractivity contribution in [3.63, 3.8) is 0 Å². The van der Waals surface area contributed by atoms with Gasteiger partial charge in [-0.3, -0.25) is 9.35 Å². The molecule has 0 aromatic rings. The zero-order valence-electron chi connectivity index (χ0n) is 9.67. The van der Waals surface area contributed by atoms with Gasteiger partial charge in [0.05, 0.1) is 11.9 Å². The molecule has 0 bridgehead atoms. The van der Waals surface area contributed by atoms with Crippen LogP contribution in [0.25, 0.3) is 0 Å². The van der Waals surface area contributed by atoms with Crippen LogP contribution in [0.3, 0.4) is 0 Å². The van der Waals surface area contributed by atoms with E-state index in [4.69, 9.17) is 15.0 Å². The van der Waals surface area contributed by atoms with Gasteiger partial charge < -0.3 is 15.8 Å². The van der Waals surface area contributed by atoms with Gasteiger partial charge in [-0.15, -0.1) is 0 Å². The molecule has 8 heteroatoms. The summed E-state index contributed by atoms with van der Waals surface area (Å²) < 4.78 is 35.6. The van der Waals surface area contributed by atoms with E-state index in [1.54, 1.807) is 0 Å². The van der Waals surface area contributed by atoms with Crippen molar-refractivity contribution in [3.05, 3.63) is 0 Å². The van der Waals surface area contributed by atoms with Crippen LogP contribution in [0.1, 0.15) is 19.3 Å². The number of nitrogens with one attached hydrogen (secondary N) is 1. The number of unbranched alkanes of at least 4 members (excludes halogenated alkanes) is 1. The van der Waals surface area contributed by atoms with Crippen LogP contribution in [0.15, 0.2) is 0 Å². The Bertz CT molecular complexity index is 294. The Kier molecular flexibility index (Phi) is 8.96. The Morgan fingerprint density at radius 3 is 2.59 bits per heavy atom. The Hall–Kier alpha value is -0.700. The second-order valence-corrected chi connectivity index (χ2v) is 5.25. The van der Waals surface area contributed by atoms with E-state index in [9.17, 15) is 13.2 Å². The SMILES string of the molecule is NCC(CCCCOCCNC=O)S(=O)(=O)O. The van der Waals surface area contributed by atoms with Crippen LogP contribution in [0.4, 0.5) is 0 Å². The van der Waals surface area contributed by atoms with Crippen molar-refractivity contribution in [2.24, 2.45) is 5.73 Å². The van der Waals surface area contributed by atoms with Crippen molar-refractivity contribution in [1.29, 1.82) is 0 Å². The summed E-state index contributed by atoms with van der Waals surface area (Å²) in [5.74, 6) is 0. The van der Waals surface area contributed by atoms with Crippen LogP contribution in [-0.2, 0) is 19.6 Å². The number of hydrogen-bond donors (Lipinski definition) is 3. The molecule has 0 saturated heterocycles. The lowest BCUT2D eigenvalue weighted by Gasteiger charge is -2.10. The third-order valence-electron chi connectivity index (χ3n) is 2.22. The molecule has 1 unspecified atom stereocenters. The Balaban J connectivity index is 3.47. The Morgan fingerprint density at radius 1 is 1.35 bits per heavy atom. The van der Waals surface area contributed by atoms with Crippen molar-refractivity contribution < 1.29 is 22.5 Å². The second-order valence-electron chi connectivity index (χ2n) is 3.55. The Morgan fingerprint density at radius 2 is 2.06 bits per heavy atom. The standard InChI is InChI=1S/C9H20N2O5S/c10-7-9(17(13,14)15)3-1-2-5-16-6-4-11-8-12/h8-9H,1-7,10H2,(H,11,12)(H,13,14,15). The second kappa shape index (κ2) is 9.34. The number of ether oxygens (including phenoxy) is 1. The fourth-order valence-electron chi connectivity index (χ4n) is 1.26. The van der Waals surface area contributed by atoms with Gasteiger partial charge in [-0.1, -0.05) is 0 Å². The maximum atomic E-state index is 10.8. The topological polar surface area (TPSA) is 119 Å². The summed E-state index contributed by atoms with van der Waals surface area (Å²) in [4.78, 5) is 9.88. The zero-order valence-corrected chi connectivity index (χ0v) is 10.5. The number of rotatable bonds is 11. The summed E-state index contributed by atoms with van der Waals surface area (Å²) >= 11 is 0. The fourth-order valence-corrected chi connectivity index (χ4v) is 1.96. The molecule has 0 spiro atoms. The molecule has 1 atom stereocenters. The first-order valence-corrected chi connectivity index (χ1v) is 6.93. The molecule has 0 saturated carbocycles. The van der Waals surface area contributed by atoms with E-state index in [1.165, 1.54) is 0 Å². The molecule has 0 aromatic heterocycles. The summed E-state index contributed by atoms with van der Waals surface area (Å²) in [6.45, 7) is 1.30. The molecule has 0 rings (SSSR count). The lowest BCUT2D eigenvalue weighted by molar-refractivity contribution is -0.109. The van der Waals surface area contributed by atoms with E-state index >= 15 is 0 Å². The molecule has 0 aliphatic heterocycles. The lowest BCUT2D eigenvalue weighted by Crippen LogP contribution is -2.29. The van der Waals surface area contributed by atoms with E-state index in [0.29, 0.717) is 45.4 Å². The maximum absolute atomic E-state index is 10.8. The van der Waals surface area contributed by atoms with Gasteiger partial charge in [0.15, 0.2) is 0 Å². The van der Waals surface area contributed by atoms with Crippen molar-refractivity contribution >= 4 is 16.5 Å². The van der Waals surface area contributed by atoms with E-state index in [0.717, 1.165) is 0 Å². The van der Waals surface area contributed by atoms with E-state index in [1.807, 2.05) is 0 Å². The number of carbonyl (C=O) groups excluding carboxylic acids is 1. The summed E-state index contributed by atoms with van der Waals surface area (Å²) in [7, 11) is -4.03. The van der Waals surface area contributed by atoms with Crippen molar-refractivity contribution in [2.45, 2.75) is 24.5 Å². The highest BCUT2D eigenvalue weighted by atomic mass is 32.2. The van der Waals surface area contributed by atoms with Gasteiger partial charge >= 0.3 is 0 Å². The first-order valence-electron chi connectivity index (χ1n) is 5.43. The first kappa shape index (κ1) is 16.3. The van der Waals surface area contributed by atoms with E-state index in [2.05, 4.69) is 5.32 Å². The predicted octanol–water partition coefficient (Wildman–Crippen LogP) is -0.866. The lowest BCUT2D eigenvalue weighted by atomic mass is 10.2. The summed E-state index contributed by atoms with van der Waals surface area (Å²) in [5, 5.41) is 1.56. The highest BCUT2D eigenvalue weighted by Crippen LogP contribution is 2.07. The van der Waals surface area contributed by atoms with Gasteiger partial charge in [-0.25, -0.2) is 0 Å². The number of amides is 1. The van der Waals surface area contributed by atoms with Gasteiger partial charge in [0, 0.05) is 19.7 Å². The molecule has 17 heavy (non-hydrogen) atoms. The molecule has 1 amide bonds. The Labute approximate surface area is 101 Å². The minimum atomic E-state index is -4.03. The minimum absolute atomic E-state index is 0.0804. The molecule has 0 heterocycles. The number of nitrogens with two attached hydrogens (primary N) is 1. The first-order chi connectivity index (χ1) is 8.02. The van der Waals surface area contributed by atoms with E-state index < -0.39 is 15.4 Å². The molecule has 0 aromatic carbocycles. The molecule has 0 aliphatic rings. The normalized spacial score (nSPS) is 13.3. The van der Waals surface area contributed by atoms with Crippen LogP contribution < -0.4 is 11.1 Å². The van der Waals surface area contributed by atoms with Gasteiger partial charge in [0.2, 0.25) is 6.41 Å². The highest BCUT2D eigenvalue weighted by molar-refractivity contribution is 7.86. The third kappa shape index (κ3) is 9.04. The average Bonchev–Trinajstić information content (AvgIpc) is 2.25. The molecule has 7 nitrogen and oxygen atoms in total. The van der Waals surface area contributed by atoms with Crippen LogP contribution in [0, 0.1) is 0 Å². The zero-order chi connectivity index (χ0) is 13.1. The quantitative estimate of drug-likeness (QED) is 0.255. The van der Waals surface area contributed by atoms with Gasteiger partial charge in [-0.05, 0) is 19.3 Å². The third-order valence-corrected chi connectivity index (χ3v) is 3.49. The molecule has 0 aliphatic carbocycles. The van der Waals surface area contributed by atoms with Crippen LogP contribution in [-0.4, -0.2) is 50.9 Å². The largest absolute Gasteiger partial charge is 0.380 e. The highest BCUT2D eigenvalue weighted by Gasteiger charge is 2.20. The fraction of sp³-hybridized carbons (Fsp3) is 0.889. The van der Waals surface area contributed by atoms with Crippen LogP contribution >= 0.6 is 0 Å². The minimum Gasteiger partial charge on any atom is -0.380 e. The molecule has 0 radical (unpaired) electrons. The van der Waals surface area contributed by atoms with Crippen LogP contribution in [0.2, 0.25) is 0 Å². The van der Waals surface area contributed by atoms with E-state index in [-0.39, 0.29) is 6.54 Å². The predicted molar refractivity (Wildman–Crippen MR) is 63.1 cm³/mol. The number of carbonyl (C=O) groups is 1. The number of hydrogen-bond acceptors (Lipinski definition) is 5. The summed E-state index contributed by atoms with van der Waals surface area (Å²) in [5.41, 5.74) is 5.24. The smallest absolute Gasteiger partial charge is 0.269 e. The average molecular weight is 268 g/mol. The van der Waals surface area contributed by atoms with Gasteiger partial charge in [0.25, 0.3) is 10.1 Å². The molecule has 102 valence electrons. The molecule has 0 fully saturated rings. The van der Waals surface area contributed by atoms with Crippen LogP contribution in [0.5, 0.6) is 0 Å². The van der Waals surface area contributed by atoms with Gasteiger partial charge in [-0.2, -0.15) is 8.42 Å². The van der Waals surface area contributed by atoms with Crippen molar-refractivity contribution in [2.75, 3.05) is 26.3 Å². The monoisotopic (exact) mass is 268 g/mol. The van der Waals surface area contributed by atoms with Crippen molar-refractivity contribution in [3.8, 4) is 0 Å². The van der Waals surface area contributed by atoms with Crippen molar-refractivity contribution in [1.82, 2.24) is 5.32 Å². The summed E-state index contributed by atoms with van der Waals surface area (Å²) in [6, 6.07) is 0. The molecular formula is C9H20N2O5S. The molecular weight excluding hydrogens is 248 g/mol. The maximum Gasteiger partial charge on any atom is 0.269 e.